The standard InChI is InChI=1S/C25H23N5O5/c1-13-7-19(28-29(13)2)23(31)26-16-10-20-24(32)27-18-5-3-14(8-17(18)25(33)30(20)11-16)15-4-6-21-22(9-15)35-12-34-21/h3-9,16,20H,10-12H2,1-2H3,(H,26,31)(H,27,32). The molecule has 3 aliphatic rings. The number of rotatable bonds is 3. The Morgan fingerprint density at radius 3 is 2.66 bits per heavy atom. The second-order valence-corrected chi connectivity index (χ2v) is 8.99. The number of carbonyl (C=O) groups is 3. The van der Waals surface area contributed by atoms with Crippen LogP contribution in [0.5, 0.6) is 11.5 Å². The molecule has 3 aromatic rings. The molecule has 4 heterocycles. The van der Waals surface area contributed by atoms with Gasteiger partial charge in [-0.25, -0.2) is 0 Å². The lowest BCUT2D eigenvalue weighted by Crippen LogP contribution is -2.41. The van der Waals surface area contributed by atoms with E-state index in [9.17, 15) is 14.4 Å². The Kier molecular flexibility index (Phi) is 4.77. The van der Waals surface area contributed by atoms with Crippen LogP contribution < -0.4 is 20.1 Å². The quantitative estimate of drug-likeness (QED) is 0.602. The zero-order valence-corrected chi connectivity index (χ0v) is 19.2. The Morgan fingerprint density at radius 1 is 1.09 bits per heavy atom. The van der Waals surface area contributed by atoms with Gasteiger partial charge in [-0.05, 0) is 54.8 Å². The van der Waals surface area contributed by atoms with Crippen molar-refractivity contribution in [2.45, 2.75) is 25.4 Å². The van der Waals surface area contributed by atoms with Crippen LogP contribution in [0.3, 0.4) is 0 Å². The minimum atomic E-state index is -0.667. The summed E-state index contributed by atoms with van der Waals surface area (Å²) in [5.74, 6) is 0.489. The number of amides is 3. The fourth-order valence-corrected chi connectivity index (χ4v) is 4.80. The van der Waals surface area contributed by atoms with Gasteiger partial charge in [0.05, 0.1) is 11.3 Å². The zero-order chi connectivity index (χ0) is 24.3. The molecule has 2 unspecified atom stereocenters. The topological polar surface area (TPSA) is 115 Å². The molecule has 3 amide bonds. The number of aromatic nitrogens is 2. The molecule has 0 aliphatic carbocycles. The van der Waals surface area contributed by atoms with E-state index < -0.39 is 6.04 Å². The molecule has 2 N–H and O–H groups in total. The van der Waals surface area contributed by atoms with Gasteiger partial charge in [0.2, 0.25) is 12.7 Å². The second-order valence-electron chi connectivity index (χ2n) is 8.99. The molecular formula is C25H23N5O5. The van der Waals surface area contributed by atoms with Gasteiger partial charge in [-0.15, -0.1) is 0 Å². The number of fused-ring (bicyclic) bond motifs is 3. The van der Waals surface area contributed by atoms with Gasteiger partial charge < -0.3 is 25.0 Å². The Morgan fingerprint density at radius 2 is 1.86 bits per heavy atom. The third-order valence-electron chi connectivity index (χ3n) is 6.76. The fraction of sp³-hybridized carbons (Fsp3) is 0.280. The van der Waals surface area contributed by atoms with E-state index in [4.69, 9.17) is 9.47 Å². The maximum atomic E-state index is 13.5. The van der Waals surface area contributed by atoms with Crippen molar-refractivity contribution in [2.75, 3.05) is 18.7 Å². The van der Waals surface area contributed by atoms with Crippen molar-refractivity contribution in [3.8, 4) is 22.6 Å². The van der Waals surface area contributed by atoms with Crippen LogP contribution in [0.2, 0.25) is 0 Å². The van der Waals surface area contributed by atoms with Crippen LogP contribution in [-0.2, 0) is 11.8 Å². The van der Waals surface area contributed by atoms with Gasteiger partial charge in [0.25, 0.3) is 11.8 Å². The lowest BCUT2D eigenvalue weighted by molar-refractivity contribution is -0.119. The van der Waals surface area contributed by atoms with Crippen LogP contribution in [0.1, 0.15) is 33.0 Å². The van der Waals surface area contributed by atoms with E-state index in [0.29, 0.717) is 34.9 Å². The van der Waals surface area contributed by atoms with Gasteiger partial charge in [-0.3, -0.25) is 19.1 Å². The fourth-order valence-electron chi connectivity index (χ4n) is 4.80. The van der Waals surface area contributed by atoms with Gasteiger partial charge in [0.15, 0.2) is 11.5 Å². The Balaban J connectivity index is 1.25. The molecule has 10 heteroatoms. The summed E-state index contributed by atoms with van der Waals surface area (Å²) >= 11 is 0. The molecule has 1 fully saturated rings. The number of ether oxygens (including phenoxy) is 2. The summed E-state index contributed by atoms with van der Waals surface area (Å²) in [5, 5.41) is 10.0. The summed E-state index contributed by atoms with van der Waals surface area (Å²) in [6.07, 6.45) is 0.331. The second kappa shape index (κ2) is 7.86. The molecule has 2 atom stereocenters. The lowest BCUT2D eigenvalue weighted by Gasteiger charge is -2.20. The number of benzene rings is 2. The molecule has 2 aromatic carbocycles. The highest BCUT2D eigenvalue weighted by molar-refractivity contribution is 6.11. The minimum Gasteiger partial charge on any atom is -0.454 e. The Bertz CT molecular complexity index is 1380. The average Bonchev–Trinajstić information content (AvgIpc) is 3.56. The van der Waals surface area contributed by atoms with Crippen molar-refractivity contribution < 1.29 is 23.9 Å². The zero-order valence-electron chi connectivity index (χ0n) is 19.2. The Labute approximate surface area is 200 Å². The predicted molar refractivity (Wildman–Crippen MR) is 125 cm³/mol. The van der Waals surface area contributed by atoms with E-state index in [2.05, 4.69) is 15.7 Å². The molecule has 0 spiro atoms. The molecule has 10 nitrogen and oxygen atoms in total. The number of nitrogens with zero attached hydrogens (tertiary/aromatic N) is 3. The number of hydrogen-bond donors (Lipinski definition) is 2. The van der Waals surface area contributed by atoms with Crippen molar-refractivity contribution >= 4 is 23.4 Å². The number of anilines is 1. The van der Waals surface area contributed by atoms with E-state index in [-0.39, 0.29) is 37.1 Å². The van der Waals surface area contributed by atoms with Gasteiger partial charge >= 0.3 is 0 Å². The maximum absolute atomic E-state index is 13.5. The van der Waals surface area contributed by atoms with E-state index in [1.54, 1.807) is 34.8 Å². The number of hydrogen-bond acceptors (Lipinski definition) is 6. The van der Waals surface area contributed by atoms with Gasteiger partial charge in [-0.2, -0.15) is 5.10 Å². The van der Waals surface area contributed by atoms with Crippen LogP contribution in [0.15, 0.2) is 42.5 Å². The van der Waals surface area contributed by atoms with Crippen LogP contribution in [0, 0.1) is 6.92 Å². The highest BCUT2D eigenvalue weighted by Crippen LogP contribution is 2.37. The summed E-state index contributed by atoms with van der Waals surface area (Å²) in [5.41, 5.74) is 3.74. The molecule has 6 rings (SSSR count). The minimum absolute atomic E-state index is 0.182. The molecule has 0 bridgehead atoms. The van der Waals surface area contributed by atoms with E-state index in [1.165, 1.54) is 0 Å². The highest BCUT2D eigenvalue weighted by Gasteiger charge is 2.43. The summed E-state index contributed by atoms with van der Waals surface area (Å²) in [6.45, 7) is 2.28. The Hall–Kier alpha value is -4.34. The monoisotopic (exact) mass is 473 g/mol. The molecule has 3 aliphatic heterocycles. The first-order valence-electron chi connectivity index (χ1n) is 11.3. The average molecular weight is 473 g/mol. The number of carbonyl (C=O) groups excluding carboxylic acids is 3. The molecule has 1 saturated heterocycles. The van der Waals surface area contributed by atoms with Crippen LogP contribution in [-0.4, -0.2) is 57.8 Å². The molecule has 0 saturated carbocycles. The normalized spacial score (nSPS) is 20.2. The highest BCUT2D eigenvalue weighted by atomic mass is 16.7. The van der Waals surface area contributed by atoms with Crippen LogP contribution in [0.25, 0.3) is 11.1 Å². The van der Waals surface area contributed by atoms with E-state index in [1.807, 2.05) is 31.2 Å². The van der Waals surface area contributed by atoms with Crippen LogP contribution in [0.4, 0.5) is 5.69 Å². The van der Waals surface area contributed by atoms with Crippen molar-refractivity contribution in [1.29, 1.82) is 0 Å². The SMILES string of the molecule is Cc1cc(C(=O)NC2CC3C(=O)Nc4ccc(-c5ccc6c(c5)OCO6)cc4C(=O)N3C2)nn1C. The van der Waals surface area contributed by atoms with E-state index >= 15 is 0 Å². The van der Waals surface area contributed by atoms with Gasteiger partial charge in [0, 0.05) is 25.3 Å². The third-order valence-corrected chi connectivity index (χ3v) is 6.76. The number of nitrogens with one attached hydrogen (secondary N) is 2. The van der Waals surface area contributed by atoms with Gasteiger partial charge in [-0.1, -0.05) is 12.1 Å². The first-order valence-corrected chi connectivity index (χ1v) is 11.3. The molecular weight excluding hydrogens is 450 g/mol. The van der Waals surface area contributed by atoms with E-state index in [0.717, 1.165) is 16.8 Å². The molecule has 1 aromatic heterocycles. The summed E-state index contributed by atoms with van der Waals surface area (Å²) in [6, 6.07) is 11.7. The summed E-state index contributed by atoms with van der Waals surface area (Å²) in [7, 11) is 1.77. The smallest absolute Gasteiger partial charge is 0.272 e. The van der Waals surface area contributed by atoms with Crippen molar-refractivity contribution in [1.82, 2.24) is 20.0 Å². The van der Waals surface area contributed by atoms with Crippen molar-refractivity contribution in [3.63, 3.8) is 0 Å². The lowest BCUT2D eigenvalue weighted by atomic mass is 10.0. The largest absolute Gasteiger partial charge is 0.454 e. The van der Waals surface area contributed by atoms with Gasteiger partial charge in [0.1, 0.15) is 11.7 Å². The predicted octanol–water partition coefficient (Wildman–Crippen LogP) is 2.09. The maximum Gasteiger partial charge on any atom is 0.272 e. The summed E-state index contributed by atoms with van der Waals surface area (Å²) in [4.78, 5) is 40.7. The van der Waals surface area contributed by atoms with Crippen LogP contribution >= 0.6 is 0 Å². The molecule has 35 heavy (non-hydrogen) atoms. The van der Waals surface area contributed by atoms with Crippen molar-refractivity contribution in [3.05, 3.63) is 59.4 Å². The first-order chi connectivity index (χ1) is 16.9. The first kappa shape index (κ1) is 21.2. The van der Waals surface area contributed by atoms with Crippen molar-refractivity contribution in [2.24, 2.45) is 7.05 Å². The molecule has 178 valence electrons. The number of aryl methyl sites for hydroxylation is 2. The summed E-state index contributed by atoms with van der Waals surface area (Å²) < 4.78 is 12.5. The molecule has 0 radical (unpaired) electrons. The third kappa shape index (κ3) is 3.58.